The number of anilines is 1. The van der Waals surface area contributed by atoms with Crippen LogP contribution in [-0.2, 0) is 6.42 Å². The maximum atomic E-state index is 13.2. The molecule has 2 N–H and O–H groups in total. The quantitative estimate of drug-likeness (QED) is 0.602. The van der Waals surface area contributed by atoms with Crippen LogP contribution in [0.3, 0.4) is 0 Å². The van der Waals surface area contributed by atoms with Crippen molar-refractivity contribution in [3.63, 3.8) is 0 Å². The molecule has 2 heterocycles. The molecule has 0 atom stereocenters. The van der Waals surface area contributed by atoms with E-state index in [9.17, 15) is 4.39 Å². The number of aromatic nitrogens is 4. The number of aryl methyl sites for hydroxylation is 1. The van der Waals surface area contributed by atoms with Gasteiger partial charge in [0.15, 0.2) is 0 Å². The summed E-state index contributed by atoms with van der Waals surface area (Å²) in [6.07, 6.45) is 2.25. The average molecular weight is 321 g/mol. The first-order valence-corrected chi connectivity index (χ1v) is 7.78. The minimum atomic E-state index is -0.265. The highest BCUT2D eigenvalue weighted by Crippen LogP contribution is 2.20. The predicted octanol–water partition coefficient (Wildman–Crippen LogP) is 3.61. The van der Waals surface area contributed by atoms with Gasteiger partial charge in [-0.25, -0.2) is 19.3 Å². The molecule has 0 aliphatic heterocycles. The van der Waals surface area contributed by atoms with Gasteiger partial charge in [0.1, 0.15) is 23.8 Å². The summed E-state index contributed by atoms with van der Waals surface area (Å²) in [5.41, 5.74) is 3.57. The first-order valence-electron chi connectivity index (χ1n) is 7.78. The van der Waals surface area contributed by atoms with Crippen molar-refractivity contribution in [1.29, 1.82) is 0 Å². The number of hydrogen-bond acceptors (Lipinski definition) is 4. The zero-order valence-corrected chi connectivity index (χ0v) is 13.2. The summed E-state index contributed by atoms with van der Waals surface area (Å²) in [5, 5.41) is 4.34. The summed E-state index contributed by atoms with van der Waals surface area (Å²) in [6.45, 7) is 2.71. The lowest BCUT2D eigenvalue weighted by Crippen LogP contribution is -2.08. The van der Waals surface area contributed by atoms with Gasteiger partial charge in [-0.1, -0.05) is 11.6 Å². The highest BCUT2D eigenvalue weighted by Gasteiger charge is 2.06. The van der Waals surface area contributed by atoms with Crippen LogP contribution in [0.5, 0.6) is 0 Å². The molecule has 4 aromatic rings. The van der Waals surface area contributed by atoms with E-state index >= 15 is 0 Å². The highest BCUT2D eigenvalue weighted by molar-refractivity contribution is 5.89. The van der Waals surface area contributed by atoms with Crippen LogP contribution in [0, 0.1) is 12.7 Å². The third-order valence-corrected chi connectivity index (χ3v) is 3.94. The van der Waals surface area contributed by atoms with E-state index in [-0.39, 0.29) is 5.82 Å². The second kappa shape index (κ2) is 5.88. The van der Waals surface area contributed by atoms with Crippen molar-refractivity contribution in [2.75, 3.05) is 11.9 Å². The summed E-state index contributed by atoms with van der Waals surface area (Å²) in [5.74, 6) is 1.36. The predicted molar refractivity (Wildman–Crippen MR) is 92.5 cm³/mol. The summed E-state index contributed by atoms with van der Waals surface area (Å²) in [4.78, 5) is 16.2. The smallest absolute Gasteiger partial charge is 0.137 e. The van der Waals surface area contributed by atoms with Gasteiger partial charge < -0.3 is 10.3 Å². The third-order valence-electron chi connectivity index (χ3n) is 3.94. The van der Waals surface area contributed by atoms with Crippen molar-refractivity contribution < 1.29 is 4.39 Å². The largest absolute Gasteiger partial charge is 0.369 e. The van der Waals surface area contributed by atoms with Crippen molar-refractivity contribution in [3.05, 3.63) is 59.9 Å². The van der Waals surface area contributed by atoms with Gasteiger partial charge in [0.25, 0.3) is 0 Å². The van der Waals surface area contributed by atoms with Crippen LogP contribution in [-0.4, -0.2) is 26.5 Å². The molecule has 24 heavy (non-hydrogen) atoms. The fourth-order valence-corrected chi connectivity index (χ4v) is 2.76. The Morgan fingerprint density at radius 2 is 1.96 bits per heavy atom. The highest BCUT2D eigenvalue weighted by atomic mass is 19.1. The van der Waals surface area contributed by atoms with E-state index < -0.39 is 0 Å². The van der Waals surface area contributed by atoms with Gasteiger partial charge in [0.05, 0.1) is 16.6 Å². The standard InChI is InChI=1S/C18H16FN5/c1-11-2-4-14-13(8-11)18(22-10-21-14)20-7-6-17-23-15-5-3-12(19)9-16(15)24-17/h2-5,8-10H,6-7H2,1H3,(H,23,24)(H,20,21,22). The van der Waals surface area contributed by atoms with Gasteiger partial charge in [0.2, 0.25) is 0 Å². The lowest BCUT2D eigenvalue weighted by atomic mass is 10.1. The molecular formula is C18H16FN5. The Morgan fingerprint density at radius 3 is 2.88 bits per heavy atom. The van der Waals surface area contributed by atoms with Crippen LogP contribution in [0.2, 0.25) is 0 Å². The molecule has 0 bridgehead atoms. The molecule has 0 spiro atoms. The third kappa shape index (κ3) is 2.78. The number of fused-ring (bicyclic) bond motifs is 2. The van der Waals surface area contributed by atoms with Gasteiger partial charge in [-0.2, -0.15) is 0 Å². The Morgan fingerprint density at radius 1 is 1.08 bits per heavy atom. The van der Waals surface area contributed by atoms with Gasteiger partial charge in [-0.15, -0.1) is 0 Å². The molecule has 6 heteroatoms. The van der Waals surface area contributed by atoms with Crippen LogP contribution in [0.4, 0.5) is 10.2 Å². The monoisotopic (exact) mass is 321 g/mol. The van der Waals surface area contributed by atoms with E-state index in [0.717, 1.165) is 28.1 Å². The molecule has 4 rings (SSSR count). The summed E-state index contributed by atoms with van der Waals surface area (Å²) in [7, 11) is 0. The summed E-state index contributed by atoms with van der Waals surface area (Å²) < 4.78 is 13.2. The Bertz CT molecular complexity index is 1020. The van der Waals surface area contributed by atoms with Gasteiger partial charge in [-0.3, -0.25) is 0 Å². The lowest BCUT2D eigenvalue weighted by molar-refractivity contribution is 0.629. The SMILES string of the molecule is Cc1ccc2ncnc(NCCc3nc4ccc(F)cc4[nH]3)c2c1. The van der Waals surface area contributed by atoms with Crippen molar-refractivity contribution in [2.45, 2.75) is 13.3 Å². The number of rotatable bonds is 4. The average Bonchev–Trinajstić information content (AvgIpc) is 2.97. The second-order valence-electron chi connectivity index (χ2n) is 5.76. The first kappa shape index (κ1) is 14.6. The van der Waals surface area contributed by atoms with Crippen LogP contribution >= 0.6 is 0 Å². The molecular weight excluding hydrogens is 305 g/mol. The Kier molecular flexibility index (Phi) is 3.57. The van der Waals surface area contributed by atoms with Gasteiger partial charge in [0, 0.05) is 18.4 Å². The number of hydrogen-bond donors (Lipinski definition) is 2. The molecule has 0 aliphatic carbocycles. The summed E-state index contributed by atoms with van der Waals surface area (Å²) in [6, 6.07) is 10.7. The fraction of sp³-hybridized carbons (Fsp3) is 0.167. The zero-order valence-electron chi connectivity index (χ0n) is 13.2. The van der Waals surface area contributed by atoms with Crippen LogP contribution in [0.15, 0.2) is 42.7 Å². The summed E-state index contributed by atoms with van der Waals surface area (Å²) >= 11 is 0. The van der Waals surface area contributed by atoms with E-state index in [1.54, 1.807) is 12.4 Å². The normalized spacial score (nSPS) is 11.2. The number of halogens is 1. The molecule has 5 nitrogen and oxygen atoms in total. The Balaban J connectivity index is 1.51. The van der Waals surface area contributed by atoms with E-state index in [1.807, 2.05) is 19.1 Å². The van der Waals surface area contributed by atoms with Crippen molar-refractivity contribution in [2.24, 2.45) is 0 Å². The van der Waals surface area contributed by atoms with Crippen molar-refractivity contribution in [1.82, 2.24) is 19.9 Å². The van der Waals surface area contributed by atoms with E-state index in [0.29, 0.717) is 18.5 Å². The molecule has 0 fully saturated rings. The van der Waals surface area contributed by atoms with E-state index in [4.69, 9.17) is 0 Å². The zero-order chi connectivity index (χ0) is 16.5. The van der Waals surface area contributed by atoms with Crippen LogP contribution < -0.4 is 5.32 Å². The number of nitrogens with one attached hydrogen (secondary N) is 2. The second-order valence-corrected chi connectivity index (χ2v) is 5.76. The molecule has 0 amide bonds. The molecule has 0 saturated carbocycles. The molecule has 0 aliphatic rings. The molecule has 0 radical (unpaired) electrons. The van der Waals surface area contributed by atoms with Gasteiger partial charge >= 0.3 is 0 Å². The molecule has 120 valence electrons. The molecule has 0 saturated heterocycles. The van der Waals surface area contributed by atoms with Crippen molar-refractivity contribution >= 4 is 27.8 Å². The number of benzene rings is 2. The van der Waals surface area contributed by atoms with Crippen LogP contribution in [0.1, 0.15) is 11.4 Å². The minimum Gasteiger partial charge on any atom is -0.369 e. The molecule has 2 aromatic carbocycles. The maximum Gasteiger partial charge on any atom is 0.137 e. The lowest BCUT2D eigenvalue weighted by Gasteiger charge is -2.08. The minimum absolute atomic E-state index is 0.265. The number of imidazole rings is 1. The molecule has 2 aromatic heterocycles. The van der Waals surface area contributed by atoms with E-state index in [2.05, 4.69) is 31.3 Å². The van der Waals surface area contributed by atoms with Crippen LogP contribution in [0.25, 0.3) is 21.9 Å². The molecule has 0 unspecified atom stereocenters. The first-order chi connectivity index (χ1) is 11.7. The topological polar surface area (TPSA) is 66.5 Å². The Labute approximate surface area is 138 Å². The fourth-order valence-electron chi connectivity index (χ4n) is 2.76. The maximum absolute atomic E-state index is 13.2. The number of aromatic amines is 1. The number of H-pyrrole nitrogens is 1. The Hall–Kier alpha value is -3.02. The van der Waals surface area contributed by atoms with E-state index in [1.165, 1.54) is 17.7 Å². The van der Waals surface area contributed by atoms with Gasteiger partial charge in [-0.05, 0) is 37.3 Å². The van der Waals surface area contributed by atoms with Crippen molar-refractivity contribution in [3.8, 4) is 0 Å². The number of nitrogens with zero attached hydrogens (tertiary/aromatic N) is 3.